The maximum atomic E-state index is 11.4. The molecule has 16 heavy (non-hydrogen) atoms. The molecule has 0 atom stereocenters. The Balaban J connectivity index is 2.18. The number of hydrogen-bond acceptors (Lipinski definition) is 3. The molecular formula is C12H10N2O2. The van der Waals surface area contributed by atoms with Crippen molar-refractivity contribution in [2.75, 3.05) is 0 Å². The second kappa shape index (κ2) is 4.15. The van der Waals surface area contributed by atoms with Crippen molar-refractivity contribution in [1.29, 1.82) is 5.26 Å². The third-order valence-electron chi connectivity index (χ3n) is 2.55. The van der Waals surface area contributed by atoms with Crippen LogP contribution in [0.3, 0.4) is 0 Å². The zero-order valence-corrected chi connectivity index (χ0v) is 8.64. The summed E-state index contributed by atoms with van der Waals surface area (Å²) in [5, 5.41) is 8.73. The fraction of sp³-hybridized carbons (Fsp3) is 0.250. The van der Waals surface area contributed by atoms with Gasteiger partial charge in [-0.05, 0) is 17.7 Å². The van der Waals surface area contributed by atoms with Crippen LogP contribution in [-0.2, 0) is 16.1 Å². The Bertz CT molecular complexity index is 472. The van der Waals surface area contributed by atoms with Crippen LogP contribution in [0.1, 0.15) is 24.0 Å². The average Bonchev–Trinajstić information content (AvgIpc) is 2.61. The summed E-state index contributed by atoms with van der Waals surface area (Å²) in [7, 11) is 0. The molecule has 80 valence electrons. The van der Waals surface area contributed by atoms with Gasteiger partial charge in [0.1, 0.15) is 0 Å². The van der Waals surface area contributed by atoms with Crippen LogP contribution in [0.25, 0.3) is 0 Å². The molecule has 4 heteroatoms. The number of carbonyl (C=O) groups excluding carboxylic acids is 2. The van der Waals surface area contributed by atoms with E-state index in [1.807, 2.05) is 6.07 Å². The van der Waals surface area contributed by atoms with E-state index >= 15 is 0 Å². The van der Waals surface area contributed by atoms with Crippen LogP contribution in [0.15, 0.2) is 24.3 Å². The van der Waals surface area contributed by atoms with Crippen LogP contribution in [-0.4, -0.2) is 16.7 Å². The van der Waals surface area contributed by atoms with Crippen molar-refractivity contribution >= 4 is 11.8 Å². The second-order valence-electron chi connectivity index (χ2n) is 3.69. The third kappa shape index (κ3) is 1.94. The standard InChI is InChI=1S/C12H10N2O2/c13-7-9-2-1-3-10(6-9)8-14-11(15)4-5-12(14)16/h1-3,6H,4-5,8H2. The van der Waals surface area contributed by atoms with Crippen molar-refractivity contribution in [3.63, 3.8) is 0 Å². The minimum Gasteiger partial charge on any atom is -0.278 e. The van der Waals surface area contributed by atoms with E-state index in [0.717, 1.165) is 5.56 Å². The van der Waals surface area contributed by atoms with E-state index < -0.39 is 0 Å². The number of amides is 2. The topological polar surface area (TPSA) is 61.2 Å². The van der Waals surface area contributed by atoms with E-state index in [1.54, 1.807) is 24.3 Å². The summed E-state index contributed by atoms with van der Waals surface area (Å²) < 4.78 is 0. The summed E-state index contributed by atoms with van der Waals surface area (Å²) in [4.78, 5) is 24.0. The van der Waals surface area contributed by atoms with E-state index in [0.29, 0.717) is 18.4 Å². The van der Waals surface area contributed by atoms with Crippen LogP contribution < -0.4 is 0 Å². The van der Waals surface area contributed by atoms with Crippen LogP contribution in [0.5, 0.6) is 0 Å². The maximum Gasteiger partial charge on any atom is 0.229 e. The molecule has 0 saturated carbocycles. The van der Waals surface area contributed by atoms with Gasteiger partial charge in [0.05, 0.1) is 18.2 Å². The predicted octanol–water partition coefficient (Wildman–Crippen LogP) is 1.21. The SMILES string of the molecule is N#Cc1cccc(CN2C(=O)CCC2=O)c1. The lowest BCUT2D eigenvalue weighted by Gasteiger charge is -2.13. The Morgan fingerprint density at radius 3 is 2.56 bits per heavy atom. The van der Waals surface area contributed by atoms with Gasteiger partial charge in [-0.2, -0.15) is 5.26 Å². The molecule has 1 aliphatic heterocycles. The molecule has 0 bridgehead atoms. The van der Waals surface area contributed by atoms with Crippen LogP contribution in [0.2, 0.25) is 0 Å². The summed E-state index contributed by atoms with van der Waals surface area (Å²) in [6, 6.07) is 8.97. The highest BCUT2D eigenvalue weighted by Gasteiger charge is 2.28. The van der Waals surface area contributed by atoms with Crippen LogP contribution >= 0.6 is 0 Å². The van der Waals surface area contributed by atoms with Crippen molar-refractivity contribution in [2.24, 2.45) is 0 Å². The van der Waals surface area contributed by atoms with Gasteiger partial charge in [-0.15, -0.1) is 0 Å². The predicted molar refractivity (Wildman–Crippen MR) is 55.9 cm³/mol. The highest BCUT2D eigenvalue weighted by Crippen LogP contribution is 2.16. The van der Waals surface area contributed by atoms with Crippen molar-refractivity contribution in [1.82, 2.24) is 4.90 Å². The average molecular weight is 214 g/mol. The Kier molecular flexibility index (Phi) is 2.69. The maximum absolute atomic E-state index is 11.4. The van der Waals surface area contributed by atoms with Gasteiger partial charge in [0.25, 0.3) is 0 Å². The summed E-state index contributed by atoms with van der Waals surface area (Å²) in [5.74, 6) is -0.264. The lowest BCUT2D eigenvalue weighted by Crippen LogP contribution is -2.28. The number of likely N-dealkylation sites (tertiary alicyclic amines) is 1. The number of hydrogen-bond donors (Lipinski definition) is 0. The fourth-order valence-corrected chi connectivity index (χ4v) is 1.72. The molecule has 1 aromatic carbocycles. The largest absolute Gasteiger partial charge is 0.278 e. The van der Waals surface area contributed by atoms with E-state index in [-0.39, 0.29) is 18.4 Å². The first-order valence-electron chi connectivity index (χ1n) is 5.03. The first-order chi connectivity index (χ1) is 7.70. The lowest BCUT2D eigenvalue weighted by molar-refractivity contribution is -0.139. The Morgan fingerprint density at radius 1 is 1.25 bits per heavy atom. The molecule has 1 saturated heterocycles. The van der Waals surface area contributed by atoms with Gasteiger partial charge < -0.3 is 0 Å². The number of carbonyl (C=O) groups is 2. The highest BCUT2D eigenvalue weighted by molar-refractivity contribution is 6.01. The molecule has 2 amide bonds. The van der Waals surface area contributed by atoms with Crippen LogP contribution in [0.4, 0.5) is 0 Å². The second-order valence-corrected chi connectivity index (χ2v) is 3.69. The van der Waals surface area contributed by atoms with Gasteiger partial charge in [-0.1, -0.05) is 12.1 Å². The Labute approximate surface area is 93.1 Å². The van der Waals surface area contributed by atoms with Crippen molar-refractivity contribution in [3.8, 4) is 6.07 Å². The molecule has 0 spiro atoms. The van der Waals surface area contributed by atoms with Crippen molar-refractivity contribution in [2.45, 2.75) is 19.4 Å². The lowest BCUT2D eigenvalue weighted by atomic mass is 10.1. The van der Waals surface area contributed by atoms with Gasteiger partial charge in [0.15, 0.2) is 0 Å². The van der Waals surface area contributed by atoms with Crippen molar-refractivity contribution < 1.29 is 9.59 Å². The zero-order chi connectivity index (χ0) is 11.5. The van der Waals surface area contributed by atoms with Gasteiger partial charge in [0, 0.05) is 12.8 Å². The molecule has 1 aromatic rings. The molecule has 0 aliphatic carbocycles. The molecule has 1 aliphatic rings. The highest BCUT2D eigenvalue weighted by atomic mass is 16.2. The third-order valence-corrected chi connectivity index (χ3v) is 2.55. The number of imide groups is 1. The zero-order valence-electron chi connectivity index (χ0n) is 8.64. The number of benzene rings is 1. The summed E-state index contributed by atoms with van der Waals surface area (Å²) in [5.41, 5.74) is 1.35. The molecular weight excluding hydrogens is 204 g/mol. The van der Waals surface area contributed by atoms with Gasteiger partial charge >= 0.3 is 0 Å². The van der Waals surface area contributed by atoms with Crippen molar-refractivity contribution in [3.05, 3.63) is 35.4 Å². The minimum atomic E-state index is -0.132. The first-order valence-corrected chi connectivity index (χ1v) is 5.03. The van der Waals surface area contributed by atoms with E-state index in [1.165, 1.54) is 4.90 Å². The monoisotopic (exact) mass is 214 g/mol. The van der Waals surface area contributed by atoms with E-state index in [9.17, 15) is 9.59 Å². The van der Waals surface area contributed by atoms with Gasteiger partial charge in [-0.3, -0.25) is 14.5 Å². The summed E-state index contributed by atoms with van der Waals surface area (Å²) >= 11 is 0. The first kappa shape index (κ1) is 10.4. The normalized spacial score (nSPS) is 15.3. The minimum absolute atomic E-state index is 0.132. The van der Waals surface area contributed by atoms with Crippen LogP contribution in [0, 0.1) is 11.3 Å². The fourth-order valence-electron chi connectivity index (χ4n) is 1.72. The molecule has 4 nitrogen and oxygen atoms in total. The molecule has 0 radical (unpaired) electrons. The molecule has 1 heterocycles. The molecule has 1 fully saturated rings. The number of nitrogens with zero attached hydrogens (tertiary/aromatic N) is 2. The Hall–Kier alpha value is -2.15. The molecule has 0 N–H and O–H groups in total. The molecule has 0 aromatic heterocycles. The Morgan fingerprint density at radius 2 is 1.94 bits per heavy atom. The smallest absolute Gasteiger partial charge is 0.229 e. The quantitative estimate of drug-likeness (QED) is 0.695. The van der Waals surface area contributed by atoms with Gasteiger partial charge in [-0.25, -0.2) is 0 Å². The molecule has 2 rings (SSSR count). The molecule has 0 unspecified atom stereocenters. The number of rotatable bonds is 2. The number of nitriles is 1. The summed E-state index contributed by atoms with van der Waals surface area (Å²) in [6.45, 7) is 0.271. The van der Waals surface area contributed by atoms with Gasteiger partial charge in [0.2, 0.25) is 11.8 Å². The van der Waals surface area contributed by atoms with E-state index in [2.05, 4.69) is 0 Å². The van der Waals surface area contributed by atoms with E-state index in [4.69, 9.17) is 5.26 Å². The summed E-state index contributed by atoms with van der Waals surface area (Å²) in [6.07, 6.45) is 0.605.